The maximum atomic E-state index is 12.1. The third kappa shape index (κ3) is 5.21. The van der Waals surface area contributed by atoms with Gasteiger partial charge >= 0.3 is 12.0 Å². The zero-order valence-corrected chi connectivity index (χ0v) is 12.0. The molecule has 2 amide bonds. The lowest BCUT2D eigenvalue weighted by Gasteiger charge is -2.29. The van der Waals surface area contributed by atoms with Crippen LogP contribution in [0.2, 0.25) is 0 Å². The van der Waals surface area contributed by atoms with E-state index in [1.54, 1.807) is 18.1 Å². The van der Waals surface area contributed by atoms with Crippen molar-refractivity contribution < 1.29 is 19.4 Å². The minimum atomic E-state index is -0.733. The zero-order valence-electron chi connectivity index (χ0n) is 12.0. The van der Waals surface area contributed by atoms with Crippen molar-refractivity contribution in [3.05, 3.63) is 12.7 Å². The maximum absolute atomic E-state index is 12.1. The third-order valence-corrected chi connectivity index (χ3v) is 3.61. The van der Waals surface area contributed by atoms with Gasteiger partial charge in [-0.2, -0.15) is 0 Å². The van der Waals surface area contributed by atoms with Gasteiger partial charge in [0.15, 0.2) is 0 Å². The van der Waals surface area contributed by atoms with Crippen LogP contribution < -0.4 is 5.32 Å². The standard InChI is InChI=1S/C14H24N2O4/c1-3-8-16(9-10-20-2)14(19)15-12-6-4-11(5-7-12)13(17)18/h3,11-12H,1,4-10H2,2H3,(H,15,19)(H,17,18). The topological polar surface area (TPSA) is 78.9 Å². The number of rotatable bonds is 7. The van der Waals surface area contributed by atoms with Crippen LogP contribution in [0.25, 0.3) is 0 Å². The number of urea groups is 1. The van der Waals surface area contributed by atoms with E-state index < -0.39 is 5.97 Å². The highest BCUT2D eigenvalue weighted by Gasteiger charge is 2.27. The fourth-order valence-electron chi connectivity index (χ4n) is 2.38. The molecular formula is C14H24N2O4. The first-order chi connectivity index (χ1) is 9.58. The summed E-state index contributed by atoms with van der Waals surface area (Å²) >= 11 is 0. The van der Waals surface area contributed by atoms with Crippen LogP contribution in [0.5, 0.6) is 0 Å². The van der Waals surface area contributed by atoms with E-state index in [9.17, 15) is 9.59 Å². The molecule has 0 saturated heterocycles. The molecule has 0 radical (unpaired) electrons. The van der Waals surface area contributed by atoms with Crippen LogP contribution in [0.3, 0.4) is 0 Å². The summed E-state index contributed by atoms with van der Waals surface area (Å²) in [6.07, 6.45) is 4.36. The largest absolute Gasteiger partial charge is 0.481 e. The summed E-state index contributed by atoms with van der Waals surface area (Å²) in [5.74, 6) is -0.996. The number of carbonyl (C=O) groups excluding carboxylic acids is 1. The lowest BCUT2D eigenvalue weighted by Crippen LogP contribution is -2.47. The fraction of sp³-hybridized carbons (Fsp3) is 0.714. The van der Waals surface area contributed by atoms with Gasteiger partial charge in [-0.3, -0.25) is 4.79 Å². The SMILES string of the molecule is C=CCN(CCOC)C(=O)NC1CCC(C(=O)O)CC1. The Morgan fingerprint density at radius 2 is 2.05 bits per heavy atom. The number of carboxylic acids is 1. The van der Waals surface area contributed by atoms with Crippen LogP contribution in [0, 0.1) is 5.92 Å². The van der Waals surface area contributed by atoms with E-state index in [1.165, 1.54) is 0 Å². The van der Waals surface area contributed by atoms with Gasteiger partial charge < -0.3 is 20.1 Å². The average Bonchev–Trinajstić information content (AvgIpc) is 2.43. The molecule has 0 atom stereocenters. The average molecular weight is 284 g/mol. The highest BCUT2D eigenvalue weighted by Crippen LogP contribution is 2.24. The molecule has 0 heterocycles. The smallest absolute Gasteiger partial charge is 0.317 e. The van der Waals surface area contributed by atoms with Crippen LogP contribution in [-0.2, 0) is 9.53 Å². The molecule has 6 nitrogen and oxygen atoms in total. The summed E-state index contributed by atoms with van der Waals surface area (Å²) in [5, 5.41) is 11.9. The van der Waals surface area contributed by atoms with Gasteiger partial charge in [-0.1, -0.05) is 6.08 Å². The molecule has 0 aromatic carbocycles. The summed E-state index contributed by atoms with van der Waals surface area (Å²) in [7, 11) is 1.59. The Balaban J connectivity index is 2.40. The fourth-order valence-corrected chi connectivity index (χ4v) is 2.38. The van der Waals surface area contributed by atoms with Gasteiger partial charge in [0, 0.05) is 26.2 Å². The number of hydrogen-bond acceptors (Lipinski definition) is 3. The highest BCUT2D eigenvalue weighted by molar-refractivity contribution is 5.75. The Morgan fingerprint density at radius 1 is 1.40 bits per heavy atom. The van der Waals surface area contributed by atoms with Crippen molar-refractivity contribution in [2.24, 2.45) is 5.92 Å². The second-order valence-electron chi connectivity index (χ2n) is 5.06. The summed E-state index contributed by atoms with van der Waals surface area (Å²) < 4.78 is 4.98. The van der Waals surface area contributed by atoms with E-state index in [0.29, 0.717) is 32.5 Å². The first-order valence-electron chi connectivity index (χ1n) is 6.96. The number of amides is 2. The van der Waals surface area contributed by atoms with Crippen molar-refractivity contribution in [3.63, 3.8) is 0 Å². The first-order valence-corrected chi connectivity index (χ1v) is 6.96. The van der Waals surface area contributed by atoms with Crippen molar-refractivity contribution in [3.8, 4) is 0 Å². The maximum Gasteiger partial charge on any atom is 0.317 e. The predicted molar refractivity (Wildman–Crippen MR) is 75.6 cm³/mol. The van der Waals surface area contributed by atoms with Gasteiger partial charge in [-0.15, -0.1) is 6.58 Å². The minimum Gasteiger partial charge on any atom is -0.481 e. The number of carboxylic acid groups (broad SMARTS) is 1. The van der Waals surface area contributed by atoms with Gasteiger partial charge in [0.05, 0.1) is 12.5 Å². The highest BCUT2D eigenvalue weighted by atomic mass is 16.5. The molecule has 1 saturated carbocycles. The molecule has 1 fully saturated rings. The molecule has 1 rings (SSSR count). The second-order valence-corrected chi connectivity index (χ2v) is 5.06. The molecule has 1 aliphatic rings. The van der Waals surface area contributed by atoms with Crippen molar-refractivity contribution >= 4 is 12.0 Å². The lowest BCUT2D eigenvalue weighted by molar-refractivity contribution is -0.142. The van der Waals surface area contributed by atoms with Crippen molar-refractivity contribution in [2.45, 2.75) is 31.7 Å². The molecule has 0 aromatic rings. The molecule has 0 bridgehead atoms. The molecule has 114 valence electrons. The molecular weight excluding hydrogens is 260 g/mol. The Morgan fingerprint density at radius 3 is 2.55 bits per heavy atom. The number of nitrogens with zero attached hydrogens (tertiary/aromatic N) is 1. The number of ether oxygens (including phenoxy) is 1. The monoisotopic (exact) mass is 284 g/mol. The minimum absolute atomic E-state index is 0.0629. The molecule has 2 N–H and O–H groups in total. The van der Waals surface area contributed by atoms with Crippen LogP contribution in [-0.4, -0.2) is 54.9 Å². The van der Waals surface area contributed by atoms with E-state index >= 15 is 0 Å². The van der Waals surface area contributed by atoms with Gasteiger partial charge in [-0.25, -0.2) is 4.79 Å². The lowest BCUT2D eigenvalue weighted by atomic mass is 9.86. The number of carbonyl (C=O) groups is 2. The van der Waals surface area contributed by atoms with E-state index in [2.05, 4.69) is 11.9 Å². The molecule has 20 heavy (non-hydrogen) atoms. The van der Waals surface area contributed by atoms with Crippen LogP contribution in [0.4, 0.5) is 4.79 Å². The first kappa shape index (κ1) is 16.5. The van der Waals surface area contributed by atoms with Crippen LogP contribution in [0.1, 0.15) is 25.7 Å². The Labute approximate surface area is 119 Å². The van der Waals surface area contributed by atoms with E-state index in [0.717, 1.165) is 12.8 Å². The van der Waals surface area contributed by atoms with E-state index in [1.807, 2.05) is 0 Å². The number of hydrogen-bond donors (Lipinski definition) is 2. The molecule has 0 aliphatic heterocycles. The van der Waals surface area contributed by atoms with Crippen molar-refractivity contribution in [2.75, 3.05) is 26.8 Å². The molecule has 0 aromatic heterocycles. The molecule has 6 heteroatoms. The summed E-state index contributed by atoms with van der Waals surface area (Å²) in [6.45, 7) is 5.10. The van der Waals surface area contributed by atoms with Gasteiger partial charge in [0.2, 0.25) is 0 Å². The molecule has 0 spiro atoms. The van der Waals surface area contributed by atoms with Gasteiger partial charge in [-0.05, 0) is 25.7 Å². The second kappa shape index (κ2) is 8.58. The van der Waals surface area contributed by atoms with Crippen LogP contribution in [0.15, 0.2) is 12.7 Å². The van der Waals surface area contributed by atoms with Gasteiger partial charge in [0.25, 0.3) is 0 Å². The summed E-state index contributed by atoms with van der Waals surface area (Å²) in [5.41, 5.74) is 0. The van der Waals surface area contributed by atoms with E-state index in [4.69, 9.17) is 9.84 Å². The van der Waals surface area contributed by atoms with E-state index in [-0.39, 0.29) is 18.0 Å². The van der Waals surface area contributed by atoms with Crippen LogP contribution >= 0.6 is 0 Å². The van der Waals surface area contributed by atoms with Crippen molar-refractivity contribution in [1.82, 2.24) is 10.2 Å². The predicted octanol–water partition coefficient (Wildman–Crippen LogP) is 1.47. The Bertz CT molecular complexity index is 338. The molecule has 0 unspecified atom stereocenters. The molecule has 1 aliphatic carbocycles. The normalized spacial score (nSPS) is 22.1. The zero-order chi connectivity index (χ0) is 15.0. The van der Waals surface area contributed by atoms with Gasteiger partial charge in [0.1, 0.15) is 0 Å². The number of nitrogens with one attached hydrogen (secondary N) is 1. The Hall–Kier alpha value is -1.56. The van der Waals surface area contributed by atoms with Crippen molar-refractivity contribution in [1.29, 1.82) is 0 Å². The summed E-state index contributed by atoms with van der Waals surface area (Å²) in [6, 6.07) is -0.0753. The Kier molecular flexibility index (Phi) is 7.08. The summed E-state index contributed by atoms with van der Waals surface area (Å²) in [4.78, 5) is 24.6. The third-order valence-electron chi connectivity index (χ3n) is 3.61. The quantitative estimate of drug-likeness (QED) is 0.694. The number of methoxy groups -OCH3 is 1. The number of aliphatic carboxylic acids is 1.